The summed E-state index contributed by atoms with van der Waals surface area (Å²) >= 11 is 0. The number of fused-ring (bicyclic) bond motifs is 5. The van der Waals surface area contributed by atoms with Crippen LogP contribution in [0.4, 0.5) is 4.79 Å². The Balaban J connectivity index is 1.25. The second-order valence-corrected chi connectivity index (χ2v) is 9.77. The van der Waals surface area contributed by atoms with Crippen molar-refractivity contribution >= 4 is 6.09 Å². The maximum Gasteiger partial charge on any atom is 0.410 e. The van der Waals surface area contributed by atoms with E-state index in [0.29, 0.717) is 39.1 Å². The zero-order valence-electron chi connectivity index (χ0n) is 20.1. The maximum absolute atomic E-state index is 13.3. The van der Waals surface area contributed by atoms with Crippen LogP contribution in [0, 0.1) is 0 Å². The number of hydrogen-bond donors (Lipinski definition) is 1. The van der Waals surface area contributed by atoms with Crippen LogP contribution in [0.5, 0.6) is 0 Å². The first kappa shape index (κ1) is 23.3. The third-order valence-electron chi connectivity index (χ3n) is 7.65. The van der Waals surface area contributed by atoms with E-state index in [-0.39, 0.29) is 24.1 Å². The van der Waals surface area contributed by atoms with E-state index >= 15 is 0 Å². The van der Waals surface area contributed by atoms with Gasteiger partial charge in [-0.1, -0.05) is 48.5 Å². The van der Waals surface area contributed by atoms with Crippen LogP contribution in [-0.4, -0.2) is 59.9 Å². The van der Waals surface area contributed by atoms with Crippen molar-refractivity contribution in [1.82, 2.24) is 4.90 Å². The highest BCUT2D eigenvalue weighted by molar-refractivity contribution is 5.79. The molecule has 1 aliphatic carbocycles. The minimum absolute atomic E-state index is 0.0108. The van der Waals surface area contributed by atoms with E-state index in [1.54, 1.807) is 0 Å². The summed E-state index contributed by atoms with van der Waals surface area (Å²) < 4.78 is 17.3. The Kier molecular flexibility index (Phi) is 6.65. The molecule has 3 aliphatic rings. The topological polar surface area (TPSA) is 68.2 Å². The van der Waals surface area contributed by atoms with Crippen LogP contribution in [0.3, 0.4) is 0 Å². The summed E-state index contributed by atoms with van der Waals surface area (Å²) in [7, 11) is 0. The smallest absolute Gasteiger partial charge is 0.410 e. The van der Waals surface area contributed by atoms with E-state index < -0.39 is 11.9 Å². The second kappa shape index (κ2) is 9.68. The number of ether oxygens (including phenoxy) is 3. The van der Waals surface area contributed by atoms with E-state index in [2.05, 4.69) is 36.4 Å². The number of hydrogen-bond acceptors (Lipinski definition) is 5. The third-order valence-corrected chi connectivity index (χ3v) is 7.65. The van der Waals surface area contributed by atoms with Crippen LogP contribution in [-0.2, 0) is 14.2 Å². The molecular weight excluding hydrogens is 430 g/mol. The molecule has 2 aromatic rings. The standard InChI is InChI=1S/C28H35NO5/c1-3-32-26(33-4-2)17-28(31)15-19-13-14-20(16-28)29(19)27(30)34-18-25-23-11-7-5-9-21(23)22-10-6-8-12-24(22)25/h5-12,19-20,25-26,31H,3-4,13-18H2,1-2H3. The number of carbonyl (C=O) groups excluding carboxylic acids is 1. The quantitative estimate of drug-likeness (QED) is 0.551. The van der Waals surface area contributed by atoms with Gasteiger partial charge in [-0.05, 0) is 61.8 Å². The molecule has 2 aromatic carbocycles. The van der Waals surface area contributed by atoms with Crippen LogP contribution < -0.4 is 0 Å². The number of rotatable bonds is 8. The second-order valence-electron chi connectivity index (χ2n) is 9.77. The van der Waals surface area contributed by atoms with Gasteiger partial charge in [-0.15, -0.1) is 0 Å². The summed E-state index contributed by atoms with van der Waals surface area (Å²) in [6.45, 7) is 5.27. The van der Waals surface area contributed by atoms with Crippen molar-refractivity contribution in [2.24, 2.45) is 0 Å². The van der Waals surface area contributed by atoms with E-state index in [9.17, 15) is 9.90 Å². The highest BCUT2D eigenvalue weighted by Gasteiger charge is 2.51. The van der Waals surface area contributed by atoms with E-state index in [1.165, 1.54) is 22.3 Å². The zero-order valence-corrected chi connectivity index (χ0v) is 20.1. The average molecular weight is 466 g/mol. The molecule has 5 rings (SSSR count). The molecule has 0 saturated carbocycles. The summed E-state index contributed by atoms with van der Waals surface area (Å²) in [4.78, 5) is 15.1. The monoisotopic (exact) mass is 465 g/mol. The molecule has 1 N–H and O–H groups in total. The van der Waals surface area contributed by atoms with Gasteiger partial charge in [0.05, 0.1) is 5.60 Å². The van der Waals surface area contributed by atoms with Gasteiger partial charge in [0.25, 0.3) is 0 Å². The summed E-state index contributed by atoms with van der Waals surface area (Å²) in [6, 6.07) is 16.7. The Morgan fingerprint density at radius 1 is 0.971 bits per heavy atom. The molecule has 1 amide bonds. The highest BCUT2D eigenvalue weighted by atomic mass is 16.7. The van der Waals surface area contributed by atoms with Crippen LogP contribution in [0.2, 0.25) is 0 Å². The number of carbonyl (C=O) groups is 1. The molecule has 2 aliphatic heterocycles. The van der Waals surface area contributed by atoms with Crippen LogP contribution in [0.1, 0.15) is 63.0 Å². The van der Waals surface area contributed by atoms with Gasteiger partial charge in [0.15, 0.2) is 6.29 Å². The van der Waals surface area contributed by atoms with Crippen LogP contribution >= 0.6 is 0 Å². The van der Waals surface area contributed by atoms with Gasteiger partial charge in [0.1, 0.15) is 6.61 Å². The predicted octanol–water partition coefficient (Wildman–Crippen LogP) is 5.08. The van der Waals surface area contributed by atoms with Crippen molar-refractivity contribution in [3.05, 3.63) is 59.7 Å². The van der Waals surface area contributed by atoms with Gasteiger partial charge in [-0.2, -0.15) is 0 Å². The Morgan fingerprint density at radius 2 is 1.50 bits per heavy atom. The molecule has 0 radical (unpaired) electrons. The minimum atomic E-state index is -0.888. The lowest BCUT2D eigenvalue weighted by Gasteiger charge is -2.44. The predicted molar refractivity (Wildman–Crippen MR) is 130 cm³/mol. The molecule has 0 aromatic heterocycles. The van der Waals surface area contributed by atoms with E-state index in [1.807, 2.05) is 30.9 Å². The van der Waals surface area contributed by atoms with E-state index in [4.69, 9.17) is 14.2 Å². The lowest BCUT2D eigenvalue weighted by molar-refractivity contribution is -0.179. The fraction of sp³-hybridized carbons (Fsp3) is 0.536. The van der Waals surface area contributed by atoms with Gasteiger partial charge in [0.2, 0.25) is 0 Å². The number of nitrogens with zero attached hydrogens (tertiary/aromatic N) is 1. The molecule has 2 atom stereocenters. The summed E-state index contributed by atoms with van der Waals surface area (Å²) in [6.07, 6.45) is 2.61. The fourth-order valence-corrected chi connectivity index (χ4v) is 6.30. The van der Waals surface area contributed by atoms with Crippen LogP contribution in [0.25, 0.3) is 11.1 Å². The summed E-state index contributed by atoms with van der Waals surface area (Å²) in [5.74, 6) is 0.0499. The molecule has 34 heavy (non-hydrogen) atoms. The zero-order chi connectivity index (χ0) is 23.7. The molecule has 6 nitrogen and oxygen atoms in total. The SMILES string of the molecule is CCOC(CC1(O)CC2CCC(C1)N2C(=O)OCC1c2ccccc2-c2ccccc21)OCC. The molecule has 2 bridgehead atoms. The van der Waals surface area contributed by atoms with E-state index in [0.717, 1.165) is 12.8 Å². The number of amides is 1. The highest BCUT2D eigenvalue weighted by Crippen LogP contribution is 2.46. The van der Waals surface area contributed by atoms with Gasteiger partial charge < -0.3 is 24.2 Å². The van der Waals surface area contributed by atoms with Crippen molar-refractivity contribution in [3.8, 4) is 11.1 Å². The van der Waals surface area contributed by atoms with Crippen molar-refractivity contribution in [2.45, 2.75) is 75.8 Å². The first-order valence-corrected chi connectivity index (χ1v) is 12.6. The summed E-state index contributed by atoms with van der Waals surface area (Å²) in [5.41, 5.74) is 3.98. The lowest BCUT2D eigenvalue weighted by Crippen LogP contribution is -2.54. The van der Waals surface area contributed by atoms with Crippen molar-refractivity contribution < 1.29 is 24.1 Å². The Labute approximate surface area is 201 Å². The average Bonchev–Trinajstić information content (AvgIpc) is 3.30. The van der Waals surface area contributed by atoms with Gasteiger partial charge >= 0.3 is 6.09 Å². The Bertz CT molecular complexity index is 958. The first-order chi connectivity index (χ1) is 16.5. The molecular formula is C28H35NO5. The van der Waals surface area contributed by atoms with Crippen LogP contribution in [0.15, 0.2) is 48.5 Å². The van der Waals surface area contributed by atoms with Crippen molar-refractivity contribution in [1.29, 1.82) is 0 Å². The number of benzene rings is 2. The molecule has 2 unspecified atom stereocenters. The van der Waals surface area contributed by atoms with Gasteiger partial charge in [-0.3, -0.25) is 0 Å². The molecule has 0 spiro atoms. The lowest BCUT2D eigenvalue weighted by atomic mass is 9.83. The molecule has 6 heteroatoms. The summed E-state index contributed by atoms with van der Waals surface area (Å²) in [5, 5.41) is 11.4. The number of aliphatic hydroxyl groups is 1. The Morgan fingerprint density at radius 3 is 2.03 bits per heavy atom. The molecule has 2 fully saturated rings. The fourth-order valence-electron chi connectivity index (χ4n) is 6.30. The molecule has 2 heterocycles. The third kappa shape index (κ3) is 4.35. The van der Waals surface area contributed by atoms with Crippen molar-refractivity contribution in [3.63, 3.8) is 0 Å². The van der Waals surface area contributed by atoms with Gasteiger partial charge in [0, 0.05) is 37.6 Å². The first-order valence-electron chi connectivity index (χ1n) is 12.6. The molecule has 2 saturated heterocycles. The molecule has 182 valence electrons. The Hall–Kier alpha value is -2.41. The van der Waals surface area contributed by atoms with Crippen molar-refractivity contribution in [2.75, 3.05) is 19.8 Å². The largest absolute Gasteiger partial charge is 0.448 e. The maximum atomic E-state index is 13.3. The number of piperidine rings is 1. The normalized spacial score (nSPS) is 25.5. The van der Waals surface area contributed by atoms with Gasteiger partial charge in [-0.25, -0.2) is 4.79 Å². The minimum Gasteiger partial charge on any atom is -0.448 e.